The van der Waals surface area contributed by atoms with E-state index in [2.05, 4.69) is 12.2 Å². The number of fused-ring (bicyclic) bond motifs is 3. The zero-order valence-corrected chi connectivity index (χ0v) is 13.5. The van der Waals surface area contributed by atoms with E-state index in [4.69, 9.17) is 4.74 Å². The third-order valence-electron chi connectivity index (χ3n) is 6.47. The molecule has 7 heteroatoms. The first-order valence-electron chi connectivity index (χ1n) is 8.38. The fraction of sp³-hybridized carbons (Fsp3) is 0.444. The molecule has 4 aliphatic rings. The highest BCUT2D eigenvalue weighted by atomic mass is 16.6. The number of amides is 2. The molecule has 1 aliphatic heterocycles. The van der Waals surface area contributed by atoms with Crippen LogP contribution in [0.5, 0.6) is 5.75 Å². The summed E-state index contributed by atoms with van der Waals surface area (Å²) in [6, 6.07) is 4.21. The van der Waals surface area contributed by atoms with E-state index in [1.807, 2.05) is 0 Å². The molecule has 0 radical (unpaired) electrons. The van der Waals surface area contributed by atoms with Gasteiger partial charge in [-0.15, -0.1) is 0 Å². The Hall–Kier alpha value is -2.70. The van der Waals surface area contributed by atoms with Crippen LogP contribution in [0.3, 0.4) is 0 Å². The number of ether oxygens (including phenoxy) is 1. The maximum atomic E-state index is 13.0. The van der Waals surface area contributed by atoms with Crippen molar-refractivity contribution >= 4 is 23.2 Å². The summed E-state index contributed by atoms with van der Waals surface area (Å²) in [6.07, 6.45) is 6.28. The number of imide groups is 1. The number of carbonyl (C=O) groups excluding carboxylic acids is 2. The Morgan fingerprint density at radius 2 is 1.76 bits per heavy atom. The number of carbonyl (C=O) groups is 2. The van der Waals surface area contributed by atoms with Gasteiger partial charge in [0.25, 0.3) is 5.69 Å². The number of allylic oxidation sites excluding steroid dienone is 2. The molecule has 2 saturated carbocycles. The molecule has 1 heterocycles. The van der Waals surface area contributed by atoms with E-state index in [9.17, 15) is 19.7 Å². The van der Waals surface area contributed by atoms with Gasteiger partial charge in [-0.2, -0.15) is 0 Å². The fourth-order valence-electron chi connectivity index (χ4n) is 5.28. The number of hydrogen-bond donors (Lipinski definition) is 0. The molecular formula is C18H16N2O5. The molecule has 1 aromatic carbocycles. The Labute approximate surface area is 143 Å². The molecule has 3 fully saturated rings. The summed E-state index contributed by atoms with van der Waals surface area (Å²) in [6.45, 7) is 0. The molecule has 4 atom stereocenters. The van der Waals surface area contributed by atoms with Gasteiger partial charge in [-0.1, -0.05) is 12.2 Å². The Morgan fingerprint density at radius 1 is 1.16 bits per heavy atom. The number of benzene rings is 1. The minimum atomic E-state index is -0.582. The van der Waals surface area contributed by atoms with Gasteiger partial charge in [0.05, 0.1) is 29.9 Å². The summed E-state index contributed by atoms with van der Waals surface area (Å²) < 4.78 is 5.03. The van der Waals surface area contributed by atoms with Crippen LogP contribution >= 0.6 is 0 Å². The second kappa shape index (κ2) is 4.47. The van der Waals surface area contributed by atoms with Crippen molar-refractivity contribution in [1.82, 2.24) is 0 Å². The van der Waals surface area contributed by atoms with E-state index >= 15 is 0 Å². The van der Waals surface area contributed by atoms with Crippen LogP contribution in [0.15, 0.2) is 30.4 Å². The van der Waals surface area contributed by atoms with Crippen LogP contribution in [0, 0.1) is 39.2 Å². The van der Waals surface area contributed by atoms with E-state index in [1.54, 1.807) is 0 Å². The summed E-state index contributed by atoms with van der Waals surface area (Å²) >= 11 is 0. The van der Waals surface area contributed by atoms with Gasteiger partial charge in [0, 0.05) is 0 Å². The first-order chi connectivity index (χ1) is 12.0. The minimum Gasteiger partial charge on any atom is -0.496 e. The molecule has 0 unspecified atom stereocenters. The lowest BCUT2D eigenvalue weighted by Crippen LogP contribution is -2.35. The summed E-state index contributed by atoms with van der Waals surface area (Å²) in [5.74, 6) is -0.827. The lowest BCUT2D eigenvalue weighted by Gasteiger charge is -2.21. The average molecular weight is 340 g/mol. The zero-order chi connectivity index (χ0) is 17.5. The first-order valence-corrected chi connectivity index (χ1v) is 8.38. The van der Waals surface area contributed by atoms with Gasteiger partial charge < -0.3 is 4.74 Å². The van der Waals surface area contributed by atoms with Crippen molar-refractivity contribution in [3.8, 4) is 5.75 Å². The van der Waals surface area contributed by atoms with Crippen molar-refractivity contribution < 1.29 is 19.2 Å². The van der Waals surface area contributed by atoms with Gasteiger partial charge in [0.1, 0.15) is 11.4 Å². The molecule has 0 aromatic heterocycles. The highest BCUT2D eigenvalue weighted by molar-refractivity contribution is 6.24. The number of nitro groups is 1. The van der Waals surface area contributed by atoms with E-state index in [1.165, 1.54) is 25.3 Å². The molecule has 25 heavy (non-hydrogen) atoms. The maximum absolute atomic E-state index is 13.0. The number of nitrogens with zero attached hydrogens (tertiary/aromatic N) is 2. The van der Waals surface area contributed by atoms with Crippen LogP contribution in [-0.4, -0.2) is 23.8 Å². The van der Waals surface area contributed by atoms with Crippen LogP contribution in [0.25, 0.3) is 0 Å². The molecule has 2 bridgehead atoms. The molecule has 7 nitrogen and oxygen atoms in total. The van der Waals surface area contributed by atoms with Crippen molar-refractivity contribution in [1.29, 1.82) is 0 Å². The largest absolute Gasteiger partial charge is 0.496 e. The van der Waals surface area contributed by atoms with Gasteiger partial charge in [-0.25, -0.2) is 4.90 Å². The van der Waals surface area contributed by atoms with Crippen molar-refractivity contribution in [3.63, 3.8) is 0 Å². The number of nitro benzene ring substituents is 1. The van der Waals surface area contributed by atoms with Gasteiger partial charge in [-0.3, -0.25) is 19.7 Å². The normalized spacial score (nSPS) is 33.2. The SMILES string of the molecule is COc1ccc(N2C(=O)[C@H]3[C@H](C2=O)[C@H]2C=C[C@H]3C23CC3)c([N+](=O)[O-])c1. The van der Waals surface area contributed by atoms with E-state index in [0.717, 1.165) is 17.7 Å². The molecule has 1 saturated heterocycles. The van der Waals surface area contributed by atoms with Crippen LogP contribution < -0.4 is 9.64 Å². The minimum absolute atomic E-state index is 0.0412. The lowest BCUT2D eigenvalue weighted by molar-refractivity contribution is -0.384. The second-order valence-corrected chi connectivity index (χ2v) is 7.34. The van der Waals surface area contributed by atoms with Crippen molar-refractivity contribution in [2.45, 2.75) is 12.8 Å². The number of anilines is 1. The summed E-state index contributed by atoms with van der Waals surface area (Å²) in [7, 11) is 1.41. The fourth-order valence-corrected chi connectivity index (χ4v) is 5.28. The molecule has 5 rings (SSSR count). The molecular weight excluding hydrogens is 324 g/mol. The molecule has 1 aromatic rings. The molecule has 3 aliphatic carbocycles. The Kier molecular flexibility index (Phi) is 2.62. The highest BCUT2D eigenvalue weighted by Gasteiger charge is 2.73. The van der Waals surface area contributed by atoms with Crippen molar-refractivity contribution in [3.05, 3.63) is 40.5 Å². The topological polar surface area (TPSA) is 89.8 Å². The summed E-state index contributed by atoms with van der Waals surface area (Å²) in [5.41, 5.74) is -0.139. The lowest BCUT2D eigenvalue weighted by atomic mass is 9.85. The molecule has 128 valence electrons. The predicted octanol–water partition coefficient (Wildman–Crippen LogP) is 2.30. The zero-order valence-electron chi connectivity index (χ0n) is 13.5. The van der Waals surface area contributed by atoms with E-state index < -0.39 is 4.92 Å². The summed E-state index contributed by atoms with van der Waals surface area (Å²) in [4.78, 5) is 38.0. The van der Waals surface area contributed by atoms with Crippen LogP contribution in [0.1, 0.15) is 12.8 Å². The molecule has 1 spiro atoms. The van der Waals surface area contributed by atoms with Gasteiger partial charge >= 0.3 is 0 Å². The Morgan fingerprint density at radius 3 is 2.24 bits per heavy atom. The number of rotatable bonds is 3. The smallest absolute Gasteiger partial charge is 0.297 e. The summed E-state index contributed by atoms with van der Waals surface area (Å²) in [5, 5.41) is 11.4. The van der Waals surface area contributed by atoms with Crippen LogP contribution in [-0.2, 0) is 9.59 Å². The monoisotopic (exact) mass is 340 g/mol. The van der Waals surface area contributed by atoms with Gasteiger partial charge in [0.15, 0.2) is 0 Å². The predicted molar refractivity (Wildman–Crippen MR) is 86.9 cm³/mol. The van der Waals surface area contributed by atoms with Crippen molar-refractivity contribution in [2.24, 2.45) is 29.1 Å². The van der Waals surface area contributed by atoms with E-state index in [-0.39, 0.29) is 52.3 Å². The van der Waals surface area contributed by atoms with Crippen LogP contribution in [0.4, 0.5) is 11.4 Å². The first kappa shape index (κ1) is 14.6. The average Bonchev–Trinajstić information content (AvgIpc) is 3.20. The van der Waals surface area contributed by atoms with Crippen LogP contribution in [0.2, 0.25) is 0 Å². The molecule has 2 amide bonds. The third kappa shape index (κ3) is 1.61. The number of methoxy groups -OCH3 is 1. The second-order valence-electron chi connectivity index (χ2n) is 7.34. The molecule has 0 N–H and O–H groups in total. The third-order valence-corrected chi connectivity index (χ3v) is 6.47. The standard InChI is InChI=1S/C18H16N2O5/c1-25-9-2-5-12(13(8-9)20(23)24)19-16(21)14-10-3-4-11(15(14)17(19)22)18(10)6-7-18/h2-5,8,10-11,14-15H,6-7H2,1H3/t10-,11-,14-,15-/m1/s1. The quantitative estimate of drug-likeness (QED) is 0.364. The highest BCUT2D eigenvalue weighted by Crippen LogP contribution is 2.73. The van der Waals surface area contributed by atoms with E-state index in [0.29, 0.717) is 5.75 Å². The maximum Gasteiger partial charge on any atom is 0.297 e. The van der Waals surface area contributed by atoms with Crippen molar-refractivity contribution in [2.75, 3.05) is 12.0 Å². The van der Waals surface area contributed by atoms with Gasteiger partial charge in [-0.05, 0) is 42.2 Å². The van der Waals surface area contributed by atoms with Gasteiger partial charge in [0.2, 0.25) is 11.8 Å². The Balaban J connectivity index is 1.59. The number of hydrogen-bond acceptors (Lipinski definition) is 5. The Bertz CT molecular complexity index is 838.